The molecule has 0 aromatic heterocycles. The van der Waals surface area contributed by atoms with Crippen molar-refractivity contribution in [3.05, 3.63) is 85.1 Å². The number of rotatable bonds is 50. The van der Waals surface area contributed by atoms with Crippen molar-refractivity contribution in [2.75, 3.05) is 0 Å². The Hall–Kier alpha value is 26.2. The topological polar surface area (TPSA) is 298 Å². The highest BCUT2D eigenvalue weighted by Crippen LogP contribution is 3.43. The highest BCUT2D eigenvalue weighted by atomic mass is 33.5. The second-order valence-corrected chi connectivity index (χ2v) is 320. The smallest absolute Gasteiger partial charge is 0.303 e. The molecule has 0 aromatic carbocycles. The lowest BCUT2D eigenvalue weighted by Gasteiger charge is -2.54. The molecule has 18 nitrogen and oxygen atoms in total. The first-order chi connectivity index (χ1) is 68.4. The minimum Gasteiger partial charge on any atom is -0.455 e. The Morgan fingerprint density at radius 3 is 0.967 bits per heavy atom. The van der Waals surface area contributed by atoms with Gasteiger partial charge in [0.05, 0.1) is 85.0 Å². The van der Waals surface area contributed by atoms with Gasteiger partial charge in [-0.05, 0) is 336 Å². The van der Waals surface area contributed by atoms with E-state index in [4.69, 9.17) is 18.9 Å². The fourth-order valence-corrected chi connectivity index (χ4v) is 961. The Morgan fingerprint density at radius 2 is 0.713 bits per heavy atom. The Morgan fingerprint density at radius 1 is 0.453 bits per heavy atom. The molecule has 2 fully saturated rings. The number of aliphatic hydroxyl groups is 8. The number of carbonyl (C=O) groups is 4. The summed E-state index contributed by atoms with van der Waals surface area (Å²) >= 11 is 0. The molecule has 10 N–H and O–H groups in total. The molecule has 62 atom stereocenters. The molecule has 0 bridgehead atoms. The number of aliphatic hydroxyl groups excluding tert-OH is 4. The van der Waals surface area contributed by atoms with Gasteiger partial charge in [0.1, 0.15) is 23.4 Å². The van der Waals surface area contributed by atoms with Crippen LogP contribution in [0.5, 0.6) is 0 Å². The minimum atomic E-state index is -1.40. The summed E-state index contributed by atoms with van der Waals surface area (Å²) in [5, 5.41) is 88.0. The van der Waals surface area contributed by atoms with E-state index in [1.807, 2.05) is 47.6 Å². The second kappa shape index (κ2) is 93.7. The zero-order valence-electron chi connectivity index (χ0n) is 85.2. The maximum atomic E-state index is 12.6. The SMILES string of the molecule is C.C=C/C=C(\C)[C@@H]1C/C=C/[C@H](OC(C)=O)[C@](C)(O)CC[C@@H](O)CC(=O)N1.C=C[C@](C)(O)C[C@H]1O[C@@H]1[C@H](C)[C@@H](O)CC.CC[C@H](O)[C@@H](C)[C@H]1O[C@@H]1C[C@@](C)(O)/C=C/C=C(\C)[C@@H]1C/C=C/[C@H](OC(C)=O)[C@](C)(O)CC[C@@H](O)CC(=O)N1.PP(P)P(P)P(P(P(P)P)P(P)P)P(P(P(P)P)P(P)P)P(P(P(P)P)P(P)P)P(P(P)P)P(P)P.PPP(P)P(P(P(P)P)P(P)P)P(P(P(P)P)P(P)P)P(P(P(P)P)P(P)P)P(P(P)P)P(P)P. The van der Waals surface area contributed by atoms with E-state index in [1.54, 1.807) is 76.3 Å². The van der Waals surface area contributed by atoms with Gasteiger partial charge in [-0.3, -0.25) is 19.2 Å². The number of allylic oxidation sites excluding steroid dienone is 4. The number of hydrogen-bond donors (Lipinski definition) is 10. The molecule has 882 valence electrons. The van der Waals surface area contributed by atoms with Crippen molar-refractivity contribution >= 4 is 593 Å². The summed E-state index contributed by atoms with van der Waals surface area (Å²) in [6, 6.07) is -0.674. The van der Waals surface area contributed by atoms with Crippen LogP contribution in [-0.4, -0.2) is 160 Å². The van der Waals surface area contributed by atoms with Crippen LogP contribution in [0.15, 0.2) is 85.1 Å². The van der Waals surface area contributed by atoms with Crippen molar-refractivity contribution in [2.24, 2.45) is 11.8 Å². The number of esters is 2. The van der Waals surface area contributed by atoms with Gasteiger partial charge in [-0.2, -0.15) is 0 Å². The number of amides is 2. The van der Waals surface area contributed by atoms with E-state index in [2.05, 4.69) is 354 Å². The number of ether oxygens (including phenoxy) is 4. The van der Waals surface area contributed by atoms with Crippen LogP contribution < -0.4 is 10.6 Å². The molecule has 0 aliphatic carbocycles. The number of epoxide rings is 2. The predicted octanol–water partition coefficient (Wildman–Crippen LogP) is 47.4. The summed E-state index contributed by atoms with van der Waals surface area (Å²) in [6.07, 6.45) is 16.5. The van der Waals surface area contributed by atoms with Gasteiger partial charge in [0.25, 0.3) is 0 Å². The number of hydrogen-bond acceptors (Lipinski definition) is 16. The van der Waals surface area contributed by atoms with E-state index in [0.717, 1.165) is 25.5 Å². The molecule has 4 aliphatic heterocycles. The van der Waals surface area contributed by atoms with Crippen LogP contribution in [0.1, 0.15) is 168 Å². The van der Waals surface area contributed by atoms with Gasteiger partial charge in [0.2, 0.25) is 11.8 Å². The van der Waals surface area contributed by atoms with Gasteiger partial charge < -0.3 is 70.4 Å². The van der Waals surface area contributed by atoms with Crippen molar-refractivity contribution < 1.29 is 79.0 Å². The van der Waals surface area contributed by atoms with Crippen LogP contribution in [0.25, 0.3) is 0 Å². The van der Waals surface area contributed by atoms with Crippen LogP contribution in [0.3, 0.4) is 0 Å². The average molecular weight is 3390 g/mol. The van der Waals surface area contributed by atoms with Crippen molar-refractivity contribution in [3.63, 3.8) is 0 Å². The largest absolute Gasteiger partial charge is 0.455 e. The second-order valence-electron chi connectivity index (χ2n) is 33.8. The Labute approximate surface area is 1030 Å². The maximum absolute atomic E-state index is 12.6. The van der Waals surface area contributed by atoms with Crippen molar-refractivity contribution in [2.45, 2.75) is 263 Å². The fraction of sp³-hybridized carbons (Fsp3) is 0.705. The van der Waals surface area contributed by atoms with Gasteiger partial charge in [-0.15, -0.1) is 337 Å². The van der Waals surface area contributed by atoms with Gasteiger partial charge in [-0.1, -0.05) is 109 Å². The zero-order chi connectivity index (χ0) is 116. The first-order valence-corrected chi connectivity index (χ1v) is 172. The maximum Gasteiger partial charge on any atom is 0.303 e. The normalized spacial score (nSPS) is 25.7. The van der Waals surface area contributed by atoms with E-state index in [-0.39, 0.29) is 337 Å². The van der Waals surface area contributed by atoms with Gasteiger partial charge in [0, 0.05) is 38.5 Å². The number of carbonyl (C=O) groups excluding carboxylic acids is 4. The quantitative estimate of drug-likeness (QED) is 0.00890. The average Bonchev–Trinajstić information content (AvgIpc) is 0.822. The van der Waals surface area contributed by atoms with Crippen LogP contribution >= 0.6 is 569 Å². The lowest BCUT2D eigenvalue weighted by atomic mass is 9.89. The van der Waals surface area contributed by atoms with Gasteiger partial charge in [-0.25, -0.2) is 0 Å². The Bertz CT molecular complexity index is 3910. The summed E-state index contributed by atoms with van der Waals surface area (Å²) in [7, 11) is 125. The van der Waals surface area contributed by atoms with Crippen molar-refractivity contribution in [1.29, 1.82) is 0 Å². The molecule has 4 rings (SSSR count). The lowest BCUT2D eigenvalue weighted by molar-refractivity contribution is -0.157. The fourth-order valence-electron chi connectivity index (χ4n) is 13.3. The molecule has 150 heavy (non-hydrogen) atoms. The molecule has 4 heterocycles. The van der Waals surface area contributed by atoms with E-state index in [9.17, 15) is 60.0 Å². The van der Waals surface area contributed by atoms with Crippen LogP contribution in [-0.2, 0) is 38.1 Å². The van der Waals surface area contributed by atoms with Crippen LogP contribution in [0.2, 0.25) is 0 Å². The van der Waals surface area contributed by atoms with E-state index in [0.29, 0.717) is 32.1 Å². The number of nitrogens with one attached hydrogen (secondary N) is 2. The minimum absolute atomic E-state index is 0. The summed E-state index contributed by atoms with van der Waals surface area (Å²) in [5.41, 5.74) is -2.98. The van der Waals surface area contributed by atoms with Gasteiger partial charge in [0.15, 0.2) is 0 Å². The molecular formula is C61H177N2O16P71. The van der Waals surface area contributed by atoms with E-state index < -0.39 is 70.9 Å². The molecule has 0 radical (unpaired) electrons. The molecular weight excluding hydrogens is 3220 g/mol. The van der Waals surface area contributed by atoms with E-state index in [1.165, 1.54) is 19.9 Å². The lowest BCUT2D eigenvalue weighted by Crippen LogP contribution is -2.43. The standard InChI is InChI=1S/C29H47NO8.C19H29NO5.C12H22O3.CH4.H38P36.H37P35/c1-7-23(33)19(3)27-24(38-27)17-28(5,35)14-9-10-18(2)22-11-8-12-25(37-20(4)31)29(6,36)15-13-21(32)16-26(34)30-22;1-5-7-13(2)16-8-6-9-17(25-14(3)21)19(4,24)11-10-15(22)12-18(23)20-16;1-5-9(13)8(3)11-10(15-11)7-12(4,14)6-2;;1-20(2)29(19)34(30(21(3)4)22(5)6)36(33(27(15)16)28(17)18)35(31(23(7)8)24(9)10)32(25(11)12)26(13)14;1-19-28(18)33(29(20(2)3)21(4)5)35(32(26(14)15)27(16)17)34(30(22(6)7)23(8)9)31(24(10)11)25(12)13/h8-10,12,14,19,21-25,27,32-33,35-36H,7,11,13,15-17H2,1-6H3,(H,30,34);5-7,9,15-17,22,24H,1,8,10-12H2,2-4H3,(H,20,23);6,8-11,13-14H,2,5,7H2,1,3-4H3;1H4;1-19H2;19H,1-18H2/b12-8+,14-9+,18-10+;9-6+,13-7+;;;;/t19-,21-,22+,23+,24-,25+,27-,28+,29-;15-,16+,17+,19-;8-,9+,10-,11-,12+;;;/m111.../s1. The van der Waals surface area contributed by atoms with E-state index >= 15 is 0 Å². The third kappa shape index (κ3) is 69.0. The molecule has 44 unspecified atom stereocenters. The predicted molar refractivity (Wildman–Crippen MR) is 902 cm³/mol. The Kier molecular flexibility index (Phi) is 111. The highest BCUT2D eigenvalue weighted by molar-refractivity contribution is 9.49. The molecule has 0 aromatic rings. The van der Waals surface area contributed by atoms with Gasteiger partial charge >= 0.3 is 11.9 Å². The third-order valence-electron chi connectivity index (χ3n) is 20.9. The molecule has 0 spiro atoms. The molecule has 4 aliphatic rings. The zero-order valence-corrected chi connectivity index (χ0v) is 158. The molecule has 0 saturated carbocycles. The molecule has 2 amide bonds. The highest BCUT2D eigenvalue weighted by Gasteiger charge is 2.57. The van der Waals surface area contributed by atoms with Crippen LogP contribution in [0.4, 0.5) is 0 Å². The Balaban J connectivity index is 0. The van der Waals surface area contributed by atoms with Crippen molar-refractivity contribution in [1.82, 2.24) is 10.6 Å². The third-order valence-corrected chi connectivity index (χ3v) is 499. The summed E-state index contributed by atoms with van der Waals surface area (Å²) in [5.74, 6) is -1.43. The molecule has 89 heteroatoms. The molecule has 2 saturated heterocycles. The first-order valence-electron chi connectivity index (χ1n) is 43.7. The monoisotopic (exact) mass is 3390 g/mol. The summed E-state index contributed by atoms with van der Waals surface area (Å²) in [6.45, 7) is 26.2. The first kappa shape index (κ1) is 178. The summed E-state index contributed by atoms with van der Waals surface area (Å²) < 4.78 is 21.7. The summed E-state index contributed by atoms with van der Waals surface area (Å²) in [4.78, 5) is 47.6. The van der Waals surface area contributed by atoms with Crippen molar-refractivity contribution in [3.8, 4) is 0 Å². The van der Waals surface area contributed by atoms with Crippen LogP contribution in [0, 0.1) is 11.8 Å².